The Labute approximate surface area is 173 Å². The summed E-state index contributed by atoms with van der Waals surface area (Å²) in [7, 11) is 3.64. The average Bonchev–Trinajstić information content (AvgIpc) is 3.17. The molecule has 2 heterocycles. The molecule has 0 saturated heterocycles. The Morgan fingerprint density at radius 2 is 1.97 bits per heavy atom. The summed E-state index contributed by atoms with van der Waals surface area (Å²) in [5.74, 6) is 0.357. The lowest BCUT2D eigenvalue weighted by Gasteiger charge is -2.17. The molecular weight excluding hydrogens is 390 g/mol. The van der Waals surface area contributed by atoms with Gasteiger partial charge in [0, 0.05) is 19.0 Å². The van der Waals surface area contributed by atoms with Crippen LogP contribution >= 0.6 is 11.3 Å². The van der Waals surface area contributed by atoms with Gasteiger partial charge >= 0.3 is 5.97 Å². The molecule has 0 saturated carbocycles. The molecule has 8 heteroatoms. The number of ether oxygens (including phenoxy) is 2. The minimum Gasteiger partial charge on any atom is -0.497 e. The van der Waals surface area contributed by atoms with E-state index >= 15 is 0 Å². The van der Waals surface area contributed by atoms with E-state index in [0.717, 1.165) is 27.4 Å². The Bertz CT molecular complexity index is 1060. The highest BCUT2D eigenvalue weighted by Gasteiger charge is 2.17. The molecule has 3 aromatic rings. The zero-order chi connectivity index (χ0) is 21.0. The lowest BCUT2D eigenvalue weighted by atomic mass is 10.2. The van der Waals surface area contributed by atoms with Crippen LogP contribution in [-0.2, 0) is 29.0 Å². The van der Waals surface area contributed by atoms with Gasteiger partial charge in [0.2, 0.25) is 0 Å². The van der Waals surface area contributed by atoms with E-state index in [4.69, 9.17) is 9.47 Å². The van der Waals surface area contributed by atoms with E-state index in [1.165, 1.54) is 16.0 Å². The molecule has 0 spiro atoms. The van der Waals surface area contributed by atoms with Crippen LogP contribution in [0.2, 0.25) is 0 Å². The predicted octanol–water partition coefficient (Wildman–Crippen LogP) is 3.23. The van der Waals surface area contributed by atoms with Crippen LogP contribution in [0.3, 0.4) is 0 Å². The van der Waals surface area contributed by atoms with Crippen LogP contribution in [0.5, 0.6) is 5.75 Å². The number of benzene rings is 1. The maximum atomic E-state index is 12.9. The van der Waals surface area contributed by atoms with Gasteiger partial charge in [-0.15, -0.1) is 11.3 Å². The largest absolute Gasteiger partial charge is 0.497 e. The van der Waals surface area contributed by atoms with Gasteiger partial charge in [-0.2, -0.15) is 5.10 Å². The molecule has 0 amide bonds. The first-order chi connectivity index (χ1) is 14.0. The first-order valence-corrected chi connectivity index (χ1v) is 10.3. The summed E-state index contributed by atoms with van der Waals surface area (Å²) >= 11 is 1.42. The molecule has 0 atom stereocenters. The standard InChI is InChI=1S/C21H25N3O4S/c1-5-17-16-11-18(23(3)12-14-7-9-15(27-4)10-8-14)29-20(16)21(26)24(22-17)13-19(25)28-6-2/h7-11H,5-6,12-13H2,1-4H3. The maximum Gasteiger partial charge on any atom is 0.327 e. The fourth-order valence-corrected chi connectivity index (χ4v) is 4.17. The summed E-state index contributed by atoms with van der Waals surface area (Å²) in [4.78, 5) is 26.8. The fraction of sp³-hybridized carbons (Fsp3) is 0.381. The maximum absolute atomic E-state index is 12.9. The highest BCUT2D eigenvalue weighted by molar-refractivity contribution is 7.22. The number of carbonyl (C=O) groups is 1. The number of carbonyl (C=O) groups excluding carboxylic acids is 1. The number of hydrogen-bond donors (Lipinski definition) is 0. The van der Waals surface area contributed by atoms with Crippen molar-refractivity contribution in [1.29, 1.82) is 0 Å². The number of methoxy groups -OCH3 is 1. The molecule has 0 aliphatic heterocycles. The number of fused-ring (bicyclic) bond motifs is 1. The minimum atomic E-state index is -0.461. The number of aromatic nitrogens is 2. The molecule has 7 nitrogen and oxygen atoms in total. The van der Waals surface area contributed by atoms with E-state index in [0.29, 0.717) is 17.7 Å². The van der Waals surface area contributed by atoms with E-state index in [9.17, 15) is 9.59 Å². The highest BCUT2D eigenvalue weighted by Crippen LogP contribution is 2.32. The van der Waals surface area contributed by atoms with Crippen molar-refractivity contribution >= 4 is 32.4 Å². The lowest BCUT2D eigenvalue weighted by molar-refractivity contribution is -0.144. The summed E-state index contributed by atoms with van der Waals surface area (Å²) in [5.41, 5.74) is 1.67. The molecule has 1 aromatic carbocycles. The third-order valence-corrected chi connectivity index (χ3v) is 5.81. The van der Waals surface area contributed by atoms with Crippen LogP contribution in [0.1, 0.15) is 25.1 Å². The number of rotatable bonds is 8. The Morgan fingerprint density at radius 3 is 2.59 bits per heavy atom. The van der Waals surface area contributed by atoms with E-state index in [-0.39, 0.29) is 18.7 Å². The van der Waals surface area contributed by atoms with Crippen molar-refractivity contribution in [3.63, 3.8) is 0 Å². The van der Waals surface area contributed by atoms with Crippen molar-refractivity contribution in [2.45, 2.75) is 33.4 Å². The normalized spacial score (nSPS) is 10.9. The molecule has 0 N–H and O–H groups in total. The molecule has 3 rings (SSSR count). The topological polar surface area (TPSA) is 73.7 Å². The third-order valence-electron chi connectivity index (χ3n) is 4.57. The highest BCUT2D eigenvalue weighted by atomic mass is 32.1. The molecule has 154 valence electrons. The van der Waals surface area contributed by atoms with Crippen molar-refractivity contribution in [2.75, 3.05) is 25.7 Å². The quantitative estimate of drug-likeness (QED) is 0.526. The summed E-state index contributed by atoms with van der Waals surface area (Å²) in [6.45, 7) is 4.52. The smallest absolute Gasteiger partial charge is 0.327 e. The number of anilines is 1. The number of hydrogen-bond acceptors (Lipinski definition) is 7. The first-order valence-electron chi connectivity index (χ1n) is 9.50. The number of nitrogens with zero attached hydrogens (tertiary/aromatic N) is 3. The van der Waals surface area contributed by atoms with Crippen LogP contribution in [0, 0.1) is 0 Å². The summed E-state index contributed by atoms with van der Waals surface area (Å²) in [6, 6.07) is 9.91. The minimum absolute atomic E-state index is 0.176. The Balaban J connectivity index is 1.92. The van der Waals surface area contributed by atoms with Gasteiger partial charge in [-0.05, 0) is 37.1 Å². The van der Waals surface area contributed by atoms with Crippen LogP contribution < -0.4 is 15.2 Å². The van der Waals surface area contributed by atoms with Gasteiger partial charge in [-0.25, -0.2) is 4.68 Å². The third kappa shape index (κ3) is 4.59. The lowest BCUT2D eigenvalue weighted by Crippen LogP contribution is -2.28. The number of esters is 1. The van der Waals surface area contributed by atoms with Gasteiger partial charge in [0.05, 0.1) is 24.4 Å². The second-order valence-corrected chi connectivity index (χ2v) is 7.63. The fourth-order valence-electron chi connectivity index (χ4n) is 3.08. The molecule has 2 aromatic heterocycles. The van der Waals surface area contributed by atoms with Gasteiger partial charge in [0.25, 0.3) is 5.56 Å². The van der Waals surface area contributed by atoms with Crippen molar-refractivity contribution in [3.8, 4) is 5.75 Å². The number of thiophene rings is 1. The summed E-state index contributed by atoms with van der Waals surface area (Å²) < 4.78 is 12.0. The first kappa shape index (κ1) is 20.9. The molecule has 0 radical (unpaired) electrons. The van der Waals surface area contributed by atoms with Crippen molar-refractivity contribution in [1.82, 2.24) is 9.78 Å². The van der Waals surface area contributed by atoms with Crippen LogP contribution in [0.25, 0.3) is 10.1 Å². The molecule has 0 bridgehead atoms. The van der Waals surface area contributed by atoms with Gasteiger partial charge in [-0.1, -0.05) is 19.1 Å². The van der Waals surface area contributed by atoms with Crippen LogP contribution in [0.15, 0.2) is 35.1 Å². The SMILES string of the molecule is CCOC(=O)Cn1nc(CC)c2cc(N(C)Cc3ccc(OC)cc3)sc2c1=O. The van der Waals surface area contributed by atoms with Crippen LogP contribution in [0.4, 0.5) is 5.00 Å². The molecular formula is C21H25N3O4S. The molecule has 0 aliphatic carbocycles. The second-order valence-electron chi connectivity index (χ2n) is 6.60. The zero-order valence-electron chi connectivity index (χ0n) is 17.1. The Kier molecular flexibility index (Phi) is 6.53. The zero-order valence-corrected chi connectivity index (χ0v) is 17.9. The number of aryl methyl sites for hydroxylation is 1. The van der Waals surface area contributed by atoms with Gasteiger partial charge in [-0.3, -0.25) is 9.59 Å². The Hall–Kier alpha value is -2.87. The molecule has 0 unspecified atom stereocenters. The molecule has 0 fully saturated rings. The average molecular weight is 416 g/mol. The van der Waals surface area contributed by atoms with E-state index < -0.39 is 5.97 Å². The second kappa shape index (κ2) is 9.09. The van der Waals surface area contributed by atoms with Crippen molar-refractivity contribution < 1.29 is 14.3 Å². The van der Waals surface area contributed by atoms with Crippen LogP contribution in [-0.4, -0.2) is 36.5 Å². The van der Waals surface area contributed by atoms with Gasteiger partial charge < -0.3 is 14.4 Å². The van der Waals surface area contributed by atoms with Crippen molar-refractivity contribution in [2.24, 2.45) is 0 Å². The van der Waals surface area contributed by atoms with Gasteiger partial charge in [0.15, 0.2) is 0 Å². The summed E-state index contributed by atoms with van der Waals surface area (Å²) in [5, 5.41) is 6.21. The molecule has 0 aliphatic rings. The van der Waals surface area contributed by atoms with E-state index in [1.54, 1.807) is 14.0 Å². The predicted molar refractivity (Wildman–Crippen MR) is 115 cm³/mol. The summed E-state index contributed by atoms with van der Waals surface area (Å²) in [6.07, 6.45) is 0.665. The molecule has 29 heavy (non-hydrogen) atoms. The van der Waals surface area contributed by atoms with E-state index in [1.807, 2.05) is 44.3 Å². The van der Waals surface area contributed by atoms with E-state index in [2.05, 4.69) is 10.00 Å². The monoisotopic (exact) mass is 415 g/mol. The van der Waals surface area contributed by atoms with Crippen molar-refractivity contribution in [3.05, 3.63) is 51.9 Å². The van der Waals surface area contributed by atoms with Gasteiger partial charge in [0.1, 0.15) is 17.0 Å². The Morgan fingerprint density at radius 1 is 1.24 bits per heavy atom.